The van der Waals surface area contributed by atoms with Gasteiger partial charge in [-0.1, -0.05) is 36.5 Å². The van der Waals surface area contributed by atoms with Crippen molar-refractivity contribution < 1.29 is 4.79 Å². The highest BCUT2D eigenvalue weighted by atomic mass is 32.1. The number of hydrogen-bond donors (Lipinski definition) is 1. The summed E-state index contributed by atoms with van der Waals surface area (Å²) in [5.74, 6) is -0.410. The molecule has 3 rings (SSSR count). The van der Waals surface area contributed by atoms with Crippen LogP contribution >= 0.6 is 12.2 Å². The molecule has 0 aliphatic rings. The van der Waals surface area contributed by atoms with Gasteiger partial charge in [0.2, 0.25) is 0 Å². The van der Waals surface area contributed by atoms with E-state index in [1.165, 1.54) is 28.7 Å². The predicted molar refractivity (Wildman–Crippen MR) is 81.4 cm³/mol. The van der Waals surface area contributed by atoms with Crippen LogP contribution in [-0.2, 0) is 0 Å². The summed E-state index contributed by atoms with van der Waals surface area (Å²) in [4.78, 5) is 18.5. The first-order valence-electron chi connectivity index (χ1n) is 5.80. The maximum atomic E-state index is 10.9. The molecule has 2 aromatic heterocycles. The Morgan fingerprint density at radius 3 is 2.55 bits per heavy atom. The summed E-state index contributed by atoms with van der Waals surface area (Å²) >= 11 is 4.45. The molecule has 2 N–H and O–H groups in total. The molecular weight excluding hydrogens is 272 g/mol. The molecule has 3 aromatic rings. The number of imidazole rings is 1. The fourth-order valence-electron chi connectivity index (χ4n) is 1.52. The molecule has 2 heterocycles. The third kappa shape index (κ3) is 3.46. The van der Waals surface area contributed by atoms with Crippen LogP contribution in [-0.4, -0.2) is 25.4 Å². The molecule has 1 aromatic carbocycles. The van der Waals surface area contributed by atoms with Gasteiger partial charge < -0.3 is 5.73 Å². The fraction of sp³-hybridized carbons (Fsp3) is 0. The molecule has 0 saturated carbocycles. The van der Waals surface area contributed by atoms with Gasteiger partial charge in [0.25, 0.3) is 5.91 Å². The van der Waals surface area contributed by atoms with Crippen molar-refractivity contribution in [1.29, 1.82) is 0 Å². The number of thiocarbonyl (C=S) groups is 1. The molecule has 0 bridgehead atoms. The Morgan fingerprint density at radius 1 is 1.15 bits per heavy atom. The lowest BCUT2D eigenvalue weighted by atomic mass is 10.2. The van der Waals surface area contributed by atoms with Gasteiger partial charge in [0, 0.05) is 24.0 Å². The molecule has 0 fully saturated rings. The normalized spacial score (nSPS) is 9.60. The van der Waals surface area contributed by atoms with Crippen LogP contribution in [0.1, 0.15) is 4.79 Å². The number of nitrogens with zero attached hydrogens (tertiary/aromatic N) is 3. The average Bonchev–Trinajstić information content (AvgIpc) is 3.01. The summed E-state index contributed by atoms with van der Waals surface area (Å²) in [6, 6.07) is 12.1. The van der Waals surface area contributed by atoms with E-state index in [9.17, 15) is 4.79 Å². The smallest absolute Gasteiger partial charge is 0.290 e. The average molecular weight is 284 g/mol. The van der Waals surface area contributed by atoms with Gasteiger partial charge in [0.1, 0.15) is 6.33 Å². The van der Waals surface area contributed by atoms with E-state index in [1.54, 1.807) is 0 Å². The standard InChI is InChI=1S/C9H7N.C5H5N3OS/c1-2-6-9-8(4-1)5-3-7-10-9;6-4(10)5(9)8-2-1-7-3-8/h1-7H;1-3H,(H2,6,10). The SMILES string of the molecule is NC(=S)C(=O)n1ccnc1.c1ccc2ncccc2c1. The first-order chi connectivity index (χ1) is 9.68. The minimum Gasteiger partial charge on any atom is -0.385 e. The third-order valence-electron chi connectivity index (χ3n) is 2.46. The molecule has 0 unspecified atom stereocenters. The molecule has 100 valence electrons. The maximum Gasteiger partial charge on any atom is 0.290 e. The highest BCUT2D eigenvalue weighted by Crippen LogP contribution is 2.07. The first-order valence-corrected chi connectivity index (χ1v) is 6.21. The summed E-state index contributed by atoms with van der Waals surface area (Å²) < 4.78 is 1.22. The van der Waals surface area contributed by atoms with E-state index in [-0.39, 0.29) is 4.99 Å². The Bertz CT molecular complexity index is 659. The number of fused-ring (bicyclic) bond motifs is 1. The molecule has 0 aliphatic heterocycles. The number of aromatic nitrogens is 3. The van der Waals surface area contributed by atoms with Gasteiger partial charge in [0.15, 0.2) is 4.99 Å². The lowest BCUT2D eigenvalue weighted by Crippen LogP contribution is -2.25. The molecule has 0 saturated heterocycles. The maximum absolute atomic E-state index is 10.9. The molecule has 0 atom stereocenters. The van der Waals surface area contributed by atoms with Gasteiger partial charge in [-0.3, -0.25) is 14.3 Å². The number of hydrogen-bond acceptors (Lipinski definition) is 4. The minimum absolute atomic E-state index is 0.155. The number of carbonyl (C=O) groups is 1. The van der Waals surface area contributed by atoms with Crippen molar-refractivity contribution in [2.45, 2.75) is 0 Å². The van der Waals surface area contributed by atoms with Crippen LogP contribution in [0.25, 0.3) is 10.9 Å². The monoisotopic (exact) mass is 284 g/mol. The van der Waals surface area contributed by atoms with Crippen molar-refractivity contribution in [1.82, 2.24) is 14.5 Å². The molecule has 6 heteroatoms. The van der Waals surface area contributed by atoms with Crippen LogP contribution < -0.4 is 5.73 Å². The van der Waals surface area contributed by atoms with Crippen LogP contribution in [0.15, 0.2) is 61.3 Å². The fourth-order valence-corrected chi connectivity index (χ4v) is 1.63. The summed E-state index contributed by atoms with van der Waals surface area (Å²) in [6.45, 7) is 0. The van der Waals surface area contributed by atoms with Gasteiger partial charge in [-0.15, -0.1) is 0 Å². The minimum atomic E-state index is -0.410. The van der Waals surface area contributed by atoms with E-state index in [2.05, 4.69) is 34.3 Å². The van der Waals surface area contributed by atoms with E-state index >= 15 is 0 Å². The van der Waals surface area contributed by atoms with Gasteiger partial charge >= 0.3 is 0 Å². The van der Waals surface area contributed by atoms with Crippen LogP contribution in [0.2, 0.25) is 0 Å². The van der Waals surface area contributed by atoms with Gasteiger partial charge in [-0.2, -0.15) is 0 Å². The molecule has 0 radical (unpaired) electrons. The second kappa shape index (κ2) is 6.53. The van der Waals surface area contributed by atoms with Gasteiger partial charge in [0.05, 0.1) is 5.52 Å². The van der Waals surface area contributed by atoms with E-state index < -0.39 is 5.91 Å². The van der Waals surface area contributed by atoms with E-state index in [1.807, 2.05) is 30.5 Å². The van der Waals surface area contributed by atoms with Gasteiger partial charge in [-0.05, 0) is 12.1 Å². The Kier molecular flexibility index (Phi) is 4.52. The van der Waals surface area contributed by atoms with Crippen LogP contribution in [0.5, 0.6) is 0 Å². The highest BCUT2D eigenvalue weighted by molar-refractivity contribution is 7.82. The second-order valence-electron chi connectivity index (χ2n) is 3.84. The summed E-state index contributed by atoms with van der Waals surface area (Å²) in [6.07, 6.45) is 6.13. The molecule has 20 heavy (non-hydrogen) atoms. The zero-order valence-electron chi connectivity index (χ0n) is 10.5. The Hall–Kier alpha value is -2.60. The number of nitrogens with two attached hydrogens (primary N) is 1. The molecule has 0 aliphatic carbocycles. The van der Waals surface area contributed by atoms with Crippen molar-refractivity contribution in [3.05, 3.63) is 61.3 Å². The summed E-state index contributed by atoms with van der Waals surface area (Å²) in [7, 11) is 0. The highest BCUT2D eigenvalue weighted by Gasteiger charge is 2.04. The van der Waals surface area contributed by atoms with E-state index in [0.717, 1.165) is 5.52 Å². The molecule has 0 amide bonds. The van der Waals surface area contributed by atoms with E-state index in [0.29, 0.717) is 0 Å². The Morgan fingerprint density at radius 2 is 1.90 bits per heavy atom. The predicted octanol–water partition coefficient (Wildman–Crippen LogP) is 2.04. The molecule has 0 spiro atoms. The number of para-hydroxylation sites is 1. The zero-order valence-corrected chi connectivity index (χ0v) is 11.3. The largest absolute Gasteiger partial charge is 0.385 e. The molecular formula is C14H12N4OS. The van der Waals surface area contributed by atoms with Crippen molar-refractivity contribution in [3.8, 4) is 0 Å². The first kappa shape index (κ1) is 13.8. The number of benzene rings is 1. The number of pyridine rings is 1. The lowest BCUT2D eigenvalue weighted by Gasteiger charge is -1.94. The van der Waals surface area contributed by atoms with Crippen molar-refractivity contribution in [2.75, 3.05) is 0 Å². The number of rotatable bonds is 0. The summed E-state index contributed by atoms with van der Waals surface area (Å²) in [5, 5.41) is 1.20. The Labute approximate surface area is 121 Å². The molecule has 5 nitrogen and oxygen atoms in total. The topological polar surface area (TPSA) is 73.8 Å². The Balaban J connectivity index is 0.000000147. The van der Waals surface area contributed by atoms with Crippen LogP contribution in [0, 0.1) is 0 Å². The van der Waals surface area contributed by atoms with E-state index in [4.69, 9.17) is 5.73 Å². The van der Waals surface area contributed by atoms with Crippen molar-refractivity contribution >= 4 is 34.0 Å². The third-order valence-corrected chi connectivity index (χ3v) is 2.64. The van der Waals surface area contributed by atoms with Crippen LogP contribution in [0.4, 0.5) is 0 Å². The summed E-state index contributed by atoms with van der Waals surface area (Å²) in [5.41, 5.74) is 6.12. The van der Waals surface area contributed by atoms with Crippen molar-refractivity contribution in [2.24, 2.45) is 5.73 Å². The van der Waals surface area contributed by atoms with Crippen LogP contribution in [0.3, 0.4) is 0 Å². The number of carbonyl (C=O) groups excluding carboxylic acids is 1. The lowest BCUT2D eigenvalue weighted by molar-refractivity contribution is 0.0991. The van der Waals surface area contributed by atoms with Gasteiger partial charge in [-0.25, -0.2) is 4.98 Å². The zero-order chi connectivity index (χ0) is 14.4. The van der Waals surface area contributed by atoms with Crippen molar-refractivity contribution in [3.63, 3.8) is 0 Å². The second-order valence-corrected chi connectivity index (χ2v) is 4.28. The quantitative estimate of drug-likeness (QED) is 0.639.